The average molecular weight is 355 g/mol. The molecule has 2 aromatic rings. The summed E-state index contributed by atoms with van der Waals surface area (Å²) in [4.78, 5) is 4.53. The lowest BCUT2D eigenvalue weighted by Crippen LogP contribution is -2.29. The lowest BCUT2D eigenvalue weighted by atomic mass is 10.0. The van der Waals surface area contributed by atoms with E-state index in [0.29, 0.717) is 6.04 Å². The maximum Gasteiger partial charge on any atom is 0.133 e. The van der Waals surface area contributed by atoms with Gasteiger partial charge >= 0.3 is 0 Å². The molecule has 0 aliphatic heterocycles. The van der Waals surface area contributed by atoms with E-state index in [0.717, 1.165) is 28.8 Å². The van der Waals surface area contributed by atoms with Gasteiger partial charge in [0.05, 0.1) is 16.6 Å². The second kappa shape index (κ2) is 7.20. The maximum atomic E-state index is 5.26. The molecule has 0 aliphatic rings. The van der Waals surface area contributed by atoms with Crippen molar-refractivity contribution in [3.05, 3.63) is 44.3 Å². The number of thiazole rings is 1. The number of rotatable bonds is 6. The lowest BCUT2D eigenvalue weighted by molar-refractivity contribution is 0.412. The third kappa shape index (κ3) is 4.04. The predicted octanol–water partition coefficient (Wildman–Crippen LogP) is 3.60. The van der Waals surface area contributed by atoms with Gasteiger partial charge in [0.25, 0.3) is 0 Å². The van der Waals surface area contributed by atoms with E-state index in [2.05, 4.69) is 43.7 Å². The minimum atomic E-state index is 0.390. The van der Waals surface area contributed by atoms with Crippen molar-refractivity contribution in [1.29, 1.82) is 0 Å². The van der Waals surface area contributed by atoms with Crippen LogP contribution in [-0.2, 0) is 12.8 Å². The first-order chi connectivity index (χ1) is 9.62. The summed E-state index contributed by atoms with van der Waals surface area (Å²) in [6, 6.07) is 6.62. The zero-order chi connectivity index (χ0) is 14.5. The Hall–Kier alpha value is -0.910. The van der Waals surface area contributed by atoms with Crippen molar-refractivity contribution < 1.29 is 4.74 Å². The lowest BCUT2D eigenvalue weighted by Gasteiger charge is -2.15. The Kier molecular flexibility index (Phi) is 5.57. The van der Waals surface area contributed by atoms with Crippen LogP contribution in [0.2, 0.25) is 0 Å². The Morgan fingerprint density at radius 3 is 2.75 bits per heavy atom. The van der Waals surface area contributed by atoms with E-state index >= 15 is 0 Å². The first-order valence-electron chi connectivity index (χ1n) is 6.53. The molecule has 1 atom stereocenters. The van der Waals surface area contributed by atoms with Crippen LogP contribution in [-0.4, -0.2) is 25.2 Å². The number of nitrogens with one attached hydrogen (secondary N) is 1. The van der Waals surface area contributed by atoms with Crippen molar-refractivity contribution in [2.24, 2.45) is 0 Å². The van der Waals surface area contributed by atoms with E-state index in [1.165, 1.54) is 10.6 Å². The van der Waals surface area contributed by atoms with Crippen molar-refractivity contribution in [2.75, 3.05) is 14.2 Å². The van der Waals surface area contributed by atoms with Gasteiger partial charge in [-0.3, -0.25) is 0 Å². The van der Waals surface area contributed by atoms with Gasteiger partial charge < -0.3 is 10.1 Å². The molecule has 0 aliphatic carbocycles. The van der Waals surface area contributed by atoms with Crippen LogP contribution in [0.25, 0.3) is 0 Å². The van der Waals surface area contributed by atoms with Gasteiger partial charge in [-0.1, -0.05) is 6.07 Å². The Bertz CT molecular complexity index is 571. The van der Waals surface area contributed by atoms with Crippen LogP contribution >= 0.6 is 27.3 Å². The molecule has 3 nitrogen and oxygen atoms in total. The number of aryl methyl sites for hydroxylation is 1. The summed E-state index contributed by atoms with van der Waals surface area (Å²) in [5.41, 5.74) is 2.39. The van der Waals surface area contributed by atoms with Crippen LogP contribution in [0.1, 0.15) is 16.3 Å². The first-order valence-corrected chi connectivity index (χ1v) is 8.20. The number of aromatic nitrogens is 1. The summed E-state index contributed by atoms with van der Waals surface area (Å²) in [7, 11) is 3.69. The molecule has 0 amide bonds. The second-order valence-electron chi connectivity index (χ2n) is 4.75. The van der Waals surface area contributed by atoms with Crippen molar-refractivity contribution in [3.8, 4) is 5.75 Å². The van der Waals surface area contributed by atoms with E-state index in [1.807, 2.05) is 20.0 Å². The Labute approximate surface area is 132 Å². The third-order valence-corrected chi connectivity index (χ3v) is 4.80. The molecule has 0 spiro atoms. The van der Waals surface area contributed by atoms with Gasteiger partial charge in [-0.2, -0.15) is 0 Å². The van der Waals surface area contributed by atoms with Crippen LogP contribution in [0.15, 0.2) is 28.1 Å². The second-order valence-corrected chi connectivity index (χ2v) is 6.54. The molecule has 1 unspecified atom stereocenters. The highest BCUT2D eigenvalue weighted by Crippen LogP contribution is 2.26. The summed E-state index contributed by atoms with van der Waals surface area (Å²) < 4.78 is 6.26. The van der Waals surface area contributed by atoms with Crippen LogP contribution in [0.3, 0.4) is 0 Å². The SMILES string of the molecule is CNC(Cc1ccc(OC)c(Br)c1)Cc1nc(C)cs1. The van der Waals surface area contributed by atoms with Crippen molar-refractivity contribution in [2.45, 2.75) is 25.8 Å². The molecule has 5 heteroatoms. The monoisotopic (exact) mass is 354 g/mol. The highest BCUT2D eigenvalue weighted by atomic mass is 79.9. The molecule has 0 saturated heterocycles. The number of likely N-dealkylation sites (N-methyl/N-ethyl adjacent to an activating group) is 1. The van der Waals surface area contributed by atoms with E-state index in [1.54, 1.807) is 18.4 Å². The van der Waals surface area contributed by atoms with Gasteiger partial charge in [-0.05, 0) is 54.0 Å². The van der Waals surface area contributed by atoms with Gasteiger partial charge in [0, 0.05) is 23.5 Å². The molecule has 20 heavy (non-hydrogen) atoms. The van der Waals surface area contributed by atoms with Gasteiger partial charge in [-0.25, -0.2) is 4.98 Å². The first kappa shape index (κ1) is 15.5. The minimum absolute atomic E-state index is 0.390. The highest BCUT2D eigenvalue weighted by molar-refractivity contribution is 9.10. The number of hydrogen-bond acceptors (Lipinski definition) is 4. The number of methoxy groups -OCH3 is 1. The van der Waals surface area contributed by atoms with E-state index in [4.69, 9.17) is 4.74 Å². The number of benzene rings is 1. The van der Waals surface area contributed by atoms with Crippen LogP contribution in [0.5, 0.6) is 5.75 Å². The number of ether oxygens (including phenoxy) is 1. The number of halogens is 1. The van der Waals surface area contributed by atoms with Crippen LogP contribution in [0, 0.1) is 6.92 Å². The van der Waals surface area contributed by atoms with Crippen LogP contribution in [0.4, 0.5) is 0 Å². The van der Waals surface area contributed by atoms with Crippen LogP contribution < -0.4 is 10.1 Å². The normalized spacial score (nSPS) is 12.4. The predicted molar refractivity (Wildman–Crippen MR) is 87.8 cm³/mol. The number of nitrogens with zero attached hydrogens (tertiary/aromatic N) is 1. The largest absolute Gasteiger partial charge is 0.496 e. The molecule has 1 aromatic heterocycles. The molecule has 0 fully saturated rings. The highest BCUT2D eigenvalue weighted by Gasteiger charge is 2.12. The Balaban J connectivity index is 2.04. The third-order valence-electron chi connectivity index (χ3n) is 3.19. The summed E-state index contributed by atoms with van der Waals surface area (Å²) in [6.45, 7) is 2.04. The zero-order valence-electron chi connectivity index (χ0n) is 11.9. The van der Waals surface area contributed by atoms with Gasteiger partial charge in [0.15, 0.2) is 0 Å². The summed E-state index contributed by atoms with van der Waals surface area (Å²) >= 11 is 5.27. The van der Waals surface area contributed by atoms with Gasteiger partial charge in [-0.15, -0.1) is 11.3 Å². The molecule has 1 heterocycles. The Morgan fingerprint density at radius 1 is 1.40 bits per heavy atom. The molecule has 0 saturated carbocycles. The molecule has 0 bridgehead atoms. The maximum absolute atomic E-state index is 5.26. The summed E-state index contributed by atoms with van der Waals surface area (Å²) in [5, 5.41) is 6.67. The van der Waals surface area contributed by atoms with E-state index < -0.39 is 0 Å². The minimum Gasteiger partial charge on any atom is -0.496 e. The van der Waals surface area contributed by atoms with E-state index in [-0.39, 0.29) is 0 Å². The number of hydrogen-bond donors (Lipinski definition) is 1. The zero-order valence-corrected chi connectivity index (χ0v) is 14.3. The standard InChI is InChI=1S/C15H19BrN2OS/c1-10-9-20-15(18-10)8-12(17-2)6-11-4-5-14(19-3)13(16)7-11/h4-5,7,9,12,17H,6,8H2,1-3H3. The summed E-state index contributed by atoms with van der Waals surface area (Å²) in [6.07, 6.45) is 1.93. The Morgan fingerprint density at radius 2 is 2.20 bits per heavy atom. The quantitative estimate of drug-likeness (QED) is 0.860. The fourth-order valence-corrected chi connectivity index (χ4v) is 3.55. The molecule has 2 rings (SSSR count). The fraction of sp³-hybridized carbons (Fsp3) is 0.400. The van der Waals surface area contributed by atoms with Crippen molar-refractivity contribution >= 4 is 27.3 Å². The van der Waals surface area contributed by atoms with Gasteiger partial charge in [0.1, 0.15) is 5.75 Å². The molecule has 1 N–H and O–H groups in total. The van der Waals surface area contributed by atoms with Gasteiger partial charge in [0.2, 0.25) is 0 Å². The average Bonchev–Trinajstić information content (AvgIpc) is 2.83. The van der Waals surface area contributed by atoms with E-state index in [9.17, 15) is 0 Å². The topological polar surface area (TPSA) is 34.1 Å². The molecule has 1 aromatic carbocycles. The molecule has 108 valence electrons. The summed E-state index contributed by atoms with van der Waals surface area (Å²) in [5.74, 6) is 0.866. The molecular formula is C15H19BrN2OS. The van der Waals surface area contributed by atoms with Crippen molar-refractivity contribution in [3.63, 3.8) is 0 Å². The molecule has 0 radical (unpaired) electrons. The smallest absolute Gasteiger partial charge is 0.133 e. The van der Waals surface area contributed by atoms with Crippen molar-refractivity contribution in [1.82, 2.24) is 10.3 Å². The fourth-order valence-electron chi connectivity index (χ4n) is 2.10. The molecular weight excluding hydrogens is 336 g/mol.